The molecule has 2 aromatic heterocycles. The minimum absolute atomic E-state index is 0.00132. The van der Waals surface area contributed by atoms with Crippen molar-refractivity contribution in [2.24, 2.45) is 0 Å². The van der Waals surface area contributed by atoms with E-state index in [0.717, 1.165) is 45.1 Å². The molecule has 1 aliphatic rings. The number of halogens is 1. The van der Waals surface area contributed by atoms with Gasteiger partial charge in [0.15, 0.2) is 0 Å². The van der Waals surface area contributed by atoms with E-state index in [9.17, 15) is 14.7 Å². The normalized spacial score (nSPS) is 15.5. The molecule has 4 rings (SSSR count). The van der Waals surface area contributed by atoms with E-state index in [0.29, 0.717) is 25.3 Å². The summed E-state index contributed by atoms with van der Waals surface area (Å²) in [6.45, 7) is 5.64. The van der Waals surface area contributed by atoms with Crippen LogP contribution < -0.4 is 10.7 Å². The van der Waals surface area contributed by atoms with Gasteiger partial charge in [-0.1, -0.05) is 28.1 Å². The lowest BCUT2D eigenvalue weighted by molar-refractivity contribution is -0.306. The van der Waals surface area contributed by atoms with E-state index in [1.54, 1.807) is 4.57 Å². The van der Waals surface area contributed by atoms with Gasteiger partial charge in [-0.2, -0.15) is 0 Å². The van der Waals surface area contributed by atoms with Gasteiger partial charge in [0.25, 0.3) is 5.56 Å². The summed E-state index contributed by atoms with van der Waals surface area (Å²) in [6, 6.07) is 12.1. The molecule has 0 saturated carbocycles. The summed E-state index contributed by atoms with van der Waals surface area (Å²) in [6.07, 6.45) is 1.47. The summed E-state index contributed by atoms with van der Waals surface area (Å²) in [5.74, 6) is -1.00. The molecule has 1 aliphatic heterocycles. The first-order valence-corrected chi connectivity index (χ1v) is 11.4. The van der Waals surface area contributed by atoms with Crippen molar-refractivity contribution in [1.29, 1.82) is 0 Å². The molecule has 0 spiro atoms. The van der Waals surface area contributed by atoms with E-state index in [4.69, 9.17) is 4.98 Å². The maximum atomic E-state index is 13.8. The molecule has 3 heterocycles. The SMILES string of the molecule is CCn1c(=O)c(C2CCN(CC(=O)[O-])CC2)c(-c2cccc(Br)c2)c2ccc(C)nc21. The fourth-order valence-electron chi connectivity index (χ4n) is 4.63. The third-order valence-electron chi connectivity index (χ3n) is 6.06. The molecule has 3 aromatic rings. The first-order chi connectivity index (χ1) is 14.9. The first-order valence-electron chi connectivity index (χ1n) is 10.6. The number of fused-ring (bicyclic) bond motifs is 1. The van der Waals surface area contributed by atoms with Gasteiger partial charge in [0, 0.05) is 39.8 Å². The van der Waals surface area contributed by atoms with Crippen molar-refractivity contribution in [3.8, 4) is 11.1 Å². The molecule has 1 saturated heterocycles. The molecule has 0 aliphatic carbocycles. The summed E-state index contributed by atoms with van der Waals surface area (Å²) >= 11 is 3.57. The molecule has 0 N–H and O–H groups in total. The molecular weight excluding hydrogens is 458 g/mol. The van der Waals surface area contributed by atoms with E-state index >= 15 is 0 Å². The van der Waals surface area contributed by atoms with Crippen LogP contribution in [0.4, 0.5) is 0 Å². The summed E-state index contributed by atoms with van der Waals surface area (Å²) in [4.78, 5) is 31.3. The highest BCUT2D eigenvalue weighted by Crippen LogP contribution is 2.38. The number of carbonyl (C=O) groups is 1. The monoisotopic (exact) mass is 482 g/mol. The highest BCUT2D eigenvalue weighted by atomic mass is 79.9. The smallest absolute Gasteiger partial charge is 0.256 e. The zero-order valence-electron chi connectivity index (χ0n) is 17.7. The molecule has 0 amide bonds. The van der Waals surface area contributed by atoms with Crippen molar-refractivity contribution in [1.82, 2.24) is 14.5 Å². The van der Waals surface area contributed by atoms with E-state index in [-0.39, 0.29) is 18.0 Å². The average molecular weight is 483 g/mol. The van der Waals surface area contributed by atoms with Crippen LogP contribution in [0.5, 0.6) is 0 Å². The lowest BCUT2D eigenvalue weighted by Crippen LogP contribution is -2.42. The molecule has 6 nitrogen and oxygen atoms in total. The Balaban J connectivity index is 1.93. The largest absolute Gasteiger partial charge is 0.549 e. The van der Waals surface area contributed by atoms with Crippen molar-refractivity contribution in [2.75, 3.05) is 19.6 Å². The number of hydrogen-bond acceptors (Lipinski definition) is 5. The van der Waals surface area contributed by atoms with E-state index in [2.05, 4.69) is 22.0 Å². The quantitative estimate of drug-likeness (QED) is 0.558. The molecule has 0 atom stereocenters. The number of carboxylic acid groups (broad SMARTS) is 1. The van der Waals surface area contributed by atoms with Crippen molar-refractivity contribution in [3.63, 3.8) is 0 Å². The Bertz CT molecular complexity index is 1200. The number of aliphatic carboxylic acids is 1. The van der Waals surface area contributed by atoms with Crippen LogP contribution in [-0.2, 0) is 11.3 Å². The van der Waals surface area contributed by atoms with Gasteiger partial charge in [0.05, 0.1) is 5.97 Å². The minimum atomic E-state index is -1.06. The highest BCUT2D eigenvalue weighted by molar-refractivity contribution is 9.10. The topological polar surface area (TPSA) is 78.3 Å². The zero-order chi connectivity index (χ0) is 22.1. The third-order valence-corrected chi connectivity index (χ3v) is 6.56. The Morgan fingerprint density at radius 1 is 1.23 bits per heavy atom. The standard InChI is InChI=1S/C24H26BrN3O3/c1-3-28-23-19(8-7-15(2)26-23)21(17-5-4-6-18(25)13-17)22(24(28)31)16-9-11-27(12-10-16)14-20(29)30/h4-8,13,16H,3,9-12,14H2,1-2H3,(H,29,30)/p-1. The van der Waals surface area contributed by atoms with Gasteiger partial charge in [-0.05, 0) is 75.5 Å². The predicted molar refractivity (Wildman–Crippen MR) is 123 cm³/mol. The van der Waals surface area contributed by atoms with Gasteiger partial charge in [0.1, 0.15) is 5.65 Å². The Morgan fingerprint density at radius 2 is 1.97 bits per heavy atom. The van der Waals surface area contributed by atoms with E-state index < -0.39 is 5.97 Å². The molecule has 0 radical (unpaired) electrons. The summed E-state index contributed by atoms with van der Waals surface area (Å²) < 4.78 is 2.72. The Kier molecular flexibility index (Phi) is 6.25. The van der Waals surface area contributed by atoms with Crippen LogP contribution in [0.15, 0.2) is 45.7 Å². The van der Waals surface area contributed by atoms with Crippen LogP contribution in [0.2, 0.25) is 0 Å². The number of aryl methyl sites for hydroxylation is 2. The number of nitrogens with zero attached hydrogens (tertiary/aromatic N) is 3. The van der Waals surface area contributed by atoms with E-state index in [1.165, 1.54) is 0 Å². The maximum Gasteiger partial charge on any atom is 0.256 e. The fraction of sp³-hybridized carbons (Fsp3) is 0.375. The van der Waals surface area contributed by atoms with Crippen LogP contribution in [0.25, 0.3) is 22.2 Å². The van der Waals surface area contributed by atoms with Gasteiger partial charge in [-0.3, -0.25) is 14.3 Å². The Labute approximate surface area is 189 Å². The molecule has 1 fully saturated rings. The number of pyridine rings is 2. The van der Waals surface area contributed by atoms with Crippen molar-refractivity contribution in [3.05, 3.63) is 62.5 Å². The number of aromatic nitrogens is 2. The van der Waals surface area contributed by atoms with Gasteiger partial charge < -0.3 is 9.90 Å². The number of piperidine rings is 1. The predicted octanol–water partition coefficient (Wildman–Crippen LogP) is 3.08. The molecule has 31 heavy (non-hydrogen) atoms. The van der Waals surface area contributed by atoms with Crippen LogP contribution in [0.3, 0.4) is 0 Å². The number of carboxylic acids is 1. The number of likely N-dealkylation sites (tertiary alicyclic amines) is 1. The number of carbonyl (C=O) groups excluding carboxylic acids is 1. The van der Waals surface area contributed by atoms with Crippen molar-refractivity contribution < 1.29 is 9.90 Å². The first kappa shape index (κ1) is 21.7. The zero-order valence-corrected chi connectivity index (χ0v) is 19.3. The van der Waals surface area contributed by atoms with Crippen LogP contribution in [-0.4, -0.2) is 40.1 Å². The van der Waals surface area contributed by atoms with Gasteiger partial charge in [0.2, 0.25) is 0 Å². The maximum absolute atomic E-state index is 13.8. The summed E-state index contributed by atoms with van der Waals surface area (Å²) in [5.41, 5.74) is 4.32. The van der Waals surface area contributed by atoms with E-state index in [1.807, 2.05) is 49.1 Å². The van der Waals surface area contributed by atoms with Gasteiger partial charge in [-0.25, -0.2) is 4.98 Å². The van der Waals surface area contributed by atoms with Crippen LogP contribution in [0.1, 0.15) is 36.9 Å². The molecule has 162 valence electrons. The number of rotatable bonds is 5. The van der Waals surface area contributed by atoms with Crippen molar-refractivity contribution >= 4 is 32.9 Å². The molecule has 7 heteroatoms. The van der Waals surface area contributed by atoms with Crippen LogP contribution >= 0.6 is 15.9 Å². The Morgan fingerprint density at radius 3 is 2.61 bits per heavy atom. The summed E-state index contributed by atoms with van der Waals surface area (Å²) in [7, 11) is 0. The second-order valence-corrected chi connectivity index (χ2v) is 9.01. The highest BCUT2D eigenvalue weighted by Gasteiger charge is 2.28. The second kappa shape index (κ2) is 8.93. The van der Waals surface area contributed by atoms with Crippen molar-refractivity contribution in [2.45, 2.75) is 39.2 Å². The van der Waals surface area contributed by atoms with Crippen LogP contribution in [0, 0.1) is 6.92 Å². The molecule has 0 bridgehead atoms. The lowest BCUT2D eigenvalue weighted by Gasteiger charge is -2.33. The lowest BCUT2D eigenvalue weighted by atomic mass is 9.84. The Hall–Kier alpha value is -2.51. The molecular formula is C24H25BrN3O3-. The minimum Gasteiger partial charge on any atom is -0.549 e. The third kappa shape index (κ3) is 4.29. The summed E-state index contributed by atoms with van der Waals surface area (Å²) in [5, 5.41) is 12.0. The number of hydrogen-bond donors (Lipinski definition) is 0. The molecule has 1 aromatic carbocycles. The van der Waals surface area contributed by atoms with Gasteiger partial charge >= 0.3 is 0 Å². The molecule has 0 unspecified atom stereocenters. The number of benzene rings is 1. The average Bonchev–Trinajstić information content (AvgIpc) is 2.73. The van der Waals surface area contributed by atoms with Gasteiger partial charge in [-0.15, -0.1) is 0 Å². The fourth-order valence-corrected chi connectivity index (χ4v) is 5.03. The second-order valence-electron chi connectivity index (χ2n) is 8.09.